The molecule has 0 aromatic rings. The van der Waals surface area contributed by atoms with Gasteiger partial charge in [-0.05, 0) is 12.8 Å². The molecule has 1 N–H and O–H groups in total. The normalized spacial score (nSPS) is 26.9. The van der Waals surface area contributed by atoms with Crippen molar-refractivity contribution >= 4 is 10.0 Å². The predicted molar refractivity (Wildman–Crippen MR) is 73.4 cm³/mol. The zero-order chi connectivity index (χ0) is 15.5. The van der Waals surface area contributed by atoms with Gasteiger partial charge >= 0.3 is 6.18 Å². The van der Waals surface area contributed by atoms with Crippen LogP contribution >= 0.6 is 0 Å². The Morgan fingerprint density at radius 2 is 1.81 bits per heavy atom. The average Bonchev–Trinajstić information content (AvgIpc) is 2.46. The highest BCUT2D eigenvalue weighted by atomic mass is 32.2. The van der Waals surface area contributed by atoms with Crippen molar-refractivity contribution in [3.8, 4) is 0 Å². The summed E-state index contributed by atoms with van der Waals surface area (Å²) in [6.45, 7) is 3.36. The zero-order valence-corrected chi connectivity index (χ0v) is 12.7. The molecule has 2 fully saturated rings. The SMILES string of the molecule is O=S(=O)(CCN1CCNCC1)N1CCCC(C(F)(F)F)C1. The summed E-state index contributed by atoms with van der Waals surface area (Å²) in [5.74, 6) is -1.63. The van der Waals surface area contributed by atoms with Gasteiger partial charge in [-0.3, -0.25) is 4.90 Å². The van der Waals surface area contributed by atoms with Gasteiger partial charge in [-0.1, -0.05) is 0 Å². The molecular formula is C12H22F3N3O2S. The molecule has 0 spiro atoms. The summed E-state index contributed by atoms with van der Waals surface area (Å²) in [5.41, 5.74) is 0. The van der Waals surface area contributed by atoms with Crippen molar-refractivity contribution in [2.45, 2.75) is 19.0 Å². The van der Waals surface area contributed by atoms with Crippen molar-refractivity contribution in [3.05, 3.63) is 0 Å². The molecule has 2 heterocycles. The van der Waals surface area contributed by atoms with Gasteiger partial charge in [0.2, 0.25) is 10.0 Å². The summed E-state index contributed by atoms with van der Waals surface area (Å²) in [6, 6.07) is 0. The van der Waals surface area contributed by atoms with Crippen molar-refractivity contribution in [1.82, 2.24) is 14.5 Å². The summed E-state index contributed by atoms with van der Waals surface area (Å²) in [5, 5.41) is 3.17. The van der Waals surface area contributed by atoms with E-state index in [4.69, 9.17) is 0 Å². The van der Waals surface area contributed by atoms with E-state index < -0.39 is 28.7 Å². The molecular weight excluding hydrogens is 307 g/mol. The lowest BCUT2D eigenvalue weighted by atomic mass is 9.99. The van der Waals surface area contributed by atoms with Gasteiger partial charge in [-0.15, -0.1) is 0 Å². The van der Waals surface area contributed by atoms with Crippen LogP contribution in [0.15, 0.2) is 0 Å². The second-order valence-electron chi connectivity index (χ2n) is 5.65. The lowest BCUT2D eigenvalue weighted by molar-refractivity contribution is -0.182. The van der Waals surface area contributed by atoms with E-state index in [0.29, 0.717) is 6.54 Å². The van der Waals surface area contributed by atoms with Crippen molar-refractivity contribution in [2.75, 3.05) is 51.6 Å². The van der Waals surface area contributed by atoms with Gasteiger partial charge < -0.3 is 5.32 Å². The fourth-order valence-electron chi connectivity index (χ4n) is 2.77. The number of halogens is 3. The van der Waals surface area contributed by atoms with Crippen molar-refractivity contribution in [1.29, 1.82) is 0 Å². The predicted octanol–water partition coefficient (Wildman–Crippen LogP) is 0.496. The largest absolute Gasteiger partial charge is 0.393 e. The molecule has 0 aliphatic carbocycles. The Morgan fingerprint density at radius 1 is 1.14 bits per heavy atom. The van der Waals surface area contributed by atoms with Crippen LogP contribution in [-0.2, 0) is 10.0 Å². The zero-order valence-electron chi connectivity index (χ0n) is 11.9. The maximum absolute atomic E-state index is 12.7. The van der Waals surface area contributed by atoms with Crippen molar-refractivity contribution in [3.63, 3.8) is 0 Å². The Labute approximate surface area is 123 Å². The van der Waals surface area contributed by atoms with Gasteiger partial charge in [-0.2, -0.15) is 13.2 Å². The molecule has 2 aliphatic rings. The van der Waals surface area contributed by atoms with E-state index in [9.17, 15) is 21.6 Å². The second-order valence-corrected chi connectivity index (χ2v) is 7.73. The lowest BCUT2D eigenvalue weighted by Crippen LogP contribution is -2.48. The Balaban J connectivity index is 1.89. The van der Waals surface area contributed by atoms with E-state index in [-0.39, 0.29) is 25.1 Å². The first kappa shape index (κ1) is 17.0. The quantitative estimate of drug-likeness (QED) is 0.816. The van der Waals surface area contributed by atoms with Crippen LogP contribution in [0.3, 0.4) is 0 Å². The number of piperazine rings is 1. The minimum absolute atomic E-state index is 0.0211. The summed E-state index contributed by atoms with van der Waals surface area (Å²) >= 11 is 0. The van der Waals surface area contributed by atoms with E-state index in [1.807, 2.05) is 4.90 Å². The first-order valence-corrected chi connectivity index (χ1v) is 8.87. The van der Waals surface area contributed by atoms with Crippen LogP contribution in [0.25, 0.3) is 0 Å². The van der Waals surface area contributed by atoms with Crippen molar-refractivity contribution < 1.29 is 21.6 Å². The van der Waals surface area contributed by atoms with E-state index in [1.165, 1.54) is 0 Å². The molecule has 21 heavy (non-hydrogen) atoms. The molecule has 9 heteroatoms. The Bertz CT molecular complexity index is 436. The lowest BCUT2D eigenvalue weighted by Gasteiger charge is -2.34. The molecule has 0 aromatic carbocycles. The summed E-state index contributed by atoms with van der Waals surface area (Å²) in [4.78, 5) is 2.03. The second kappa shape index (κ2) is 6.80. The molecule has 2 rings (SSSR count). The smallest absolute Gasteiger partial charge is 0.314 e. The number of nitrogens with zero attached hydrogens (tertiary/aromatic N) is 2. The van der Waals surface area contributed by atoms with Gasteiger partial charge in [0.25, 0.3) is 0 Å². The van der Waals surface area contributed by atoms with Crippen LogP contribution in [0.4, 0.5) is 13.2 Å². The summed E-state index contributed by atoms with van der Waals surface area (Å²) in [7, 11) is -3.60. The Hall–Kier alpha value is -0.380. The molecule has 124 valence electrons. The van der Waals surface area contributed by atoms with Gasteiger partial charge in [0.1, 0.15) is 0 Å². The summed E-state index contributed by atoms with van der Waals surface area (Å²) < 4.78 is 63.7. The van der Waals surface area contributed by atoms with Crippen LogP contribution in [0.2, 0.25) is 0 Å². The molecule has 5 nitrogen and oxygen atoms in total. The third kappa shape index (κ3) is 4.80. The van der Waals surface area contributed by atoms with Crippen LogP contribution < -0.4 is 5.32 Å². The third-order valence-electron chi connectivity index (χ3n) is 4.12. The Morgan fingerprint density at radius 3 is 2.43 bits per heavy atom. The Kier molecular flexibility index (Phi) is 5.50. The maximum Gasteiger partial charge on any atom is 0.393 e. The number of hydrogen-bond acceptors (Lipinski definition) is 4. The van der Waals surface area contributed by atoms with Crippen LogP contribution in [-0.4, -0.2) is 75.4 Å². The minimum Gasteiger partial charge on any atom is -0.314 e. The number of rotatable bonds is 4. The number of hydrogen-bond donors (Lipinski definition) is 1. The number of sulfonamides is 1. The fourth-order valence-corrected chi connectivity index (χ4v) is 4.33. The minimum atomic E-state index is -4.31. The van der Waals surface area contributed by atoms with Crippen LogP contribution in [0.1, 0.15) is 12.8 Å². The highest BCUT2D eigenvalue weighted by Gasteiger charge is 2.43. The van der Waals surface area contributed by atoms with E-state index >= 15 is 0 Å². The molecule has 0 saturated carbocycles. The number of nitrogens with one attached hydrogen (secondary N) is 1. The number of alkyl halides is 3. The highest BCUT2D eigenvalue weighted by molar-refractivity contribution is 7.89. The average molecular weight is 329 g/mol. The maximum atomic E-state index is 12.7. The number of piperidine rings is 1. The van der Waals surface area contributed by atoms with E-state index in [0.717, 1.165) is 30.5 Å². The molecule has 2 saturated heterocycles. The topological polar surface area (TPSA) is 52.7 Å². The molecule has 0 radical (unpaired) electrons. The molecule has 0 bridgehead atoms. The summed E-state index contributed by atoms with van der Waals surface area (Å²) in [6.07, 6.45) is -4.02. The highest BCUT2D eigenvalue weighted by Crippen LogP contribution is 2.33. The van der Waals surface area contributed by atoms with Gasteiger partial charge in [0.05, 0.1) is 11.7 Å². The first-order chi connectivity index (χ1) is 9.79. The molecule has 2 aliphatic heterocycles. The molecule has 0 amide bonds. The van der Waals surface area contributed by atoms with Gasteiger partial charge in [0.15, 0.2) is 0 Å². The van der Waals surface area contributed by atoms with Crippen LogP contribution in [0.5, 0.6) is 0 Å². The van der Waals surface area contributed by atoms with Crippen molar-refractivity contribution in [2.24, 2.45) is 5.92 Å². The van der Waals surface area contributed by atoms with E-state index in [1.54, 1.807) is 0 Å². The fraction of sp³-hybridized carbons (Fsp3) is 1.00. The molecule has 1 unspecified atom stereocenters. The molecule has 1 atom stereocenters. The standard InChI is InChI=1S/C12H22F3N3O2S/c13-12(14,15)11-2-1-5-18(10-11)21(19,20)9-8-17-6-3-16-4-7-17/h11,16H,1-10H2. The monoisotopic (exact) mass is 329 g/mol. The van der Waals surface area contributed by atoms with Gasteiger partial charge in [0, 0.05) is 45.8 Å². The van der Waals surface area contributed by atoms with Gasteiger partial charge in [-0.25, -0.2) is 12.7 Å². The van der Waals surface area contributed by atoms with Crippen LogP contribution in [0, 0.1) is 5.92 Å². The van der Waals surface area contributed by atoms with E-state index in [2.05, 4.69) is 5.32 Å². The first-order valence-electron chi connectivity index (χ1n) is 7.26. The molecule has 0 aromatic heterocycles. The third-order valence-corrected chi connectivity index (χ3v) is 5.93.